The van der Waals surface area contributed by atoms with Crippen molar-refractivity contribution in [2.24, 2.45) is 0 Å². The van der Waals surface area contributed by atoms with Crippen LogP contribution in [0.1, 0.15) is 11.3 Å². The summed E-state index contributed by atoms with van der Waals surface area (Å²) in [6.07, 6.45) is 3.53. The molecule has 1 aromatic carbocycles. The molecule has 9 heteroatoms. The van der Waals surface area contributed by atoms with Crippen LogP contribution in [0.5, 0.6) is 0 Å². The molecule has 0 atom stereocenters. The fourth-order valence-electron chi connectivity index (χ4n) is 2.88. The van der Waals surface area contributed by atoms with Crippen LogP contribution in [0, 0.1) is 6.92 Å². The van der Waals surface area contributed by atoms with Gasteiger partial charge >= 0.3 is 0 Å². The zero-order valence-corrected chi connectivity index (χ0v) is 15.9. The molecule has 2 aromatic heterocycles. The predicted molar refractivity (Wildman–Crippen MR) is 104 cm³/mol. The van der Waals surface area contributed by atoms with E-state index in [0.29, 0.717) is 26.2 Å². The Hall–Kier alpha value is -2.23. The highest BCUT2D eigenvalue weighted by molar-refractivity contribution is 7.92. The molecule has 0 amide bonds. The van der Waals surface area contributed by atoms with E-state index >= 15 is 0 Å². The number of sulfonamides is 1. The van der Waals surface area contributed by atoms with Gasteiger partial charge in [-0.05, 0) is 18.6 Å². The number of aromatic nitrogens is 3. The third kappa shape index (κ3) is 3.50. The van der Waals surface area contributed by atoms with Crippen molar-refractivity contribution in [1.82, 2.24) is 18.9 Å². The minimum atomic E-state index is -3.42. The molecule has 3 heterocycles. The Morgan fingerprint density at radius 3 is 2.54 bits per heavy atom. The van der Waals surface area contributed by atoms with Crippen molar-refractivity contribution >= 4 is 37.5 Å². The maximum atomic E-state index is 12.5. The number of benzene rings is 1. The van der Waals surface area contributed by atoms with E-state index in [1.807, 2.05) is 43.5 Å². The second-order valence-electron chi connectivity index (χ2n) is 6.14. The fourth-order valence-corrected chi connectivity index (χ4v) is 5.03. The van der Waals surface area contributed by atoms with Crippen molar-refractivity contribution in [2.75, 3.05) is 31.1 Å². The van der Waals surface area contributed by atoms with Gasteiger partial charge in [0, 0.05) is 31.6 Å². The van der Waals surface area contributed by atoms with E-state index in [-0.39, 0.29) is 0 Å². The Kier molecular flexibility index (Phi) is 4.51. The number of hydrogen-bond donors (Lipinski definition) is 0. The van der Waals surface area contributed by atoms with Crippen LogP contribution < -0.4 is 4.90 Å². The predicted octanol–water partition coefficient (Wildman–Crippen LogP) is 2.22. The maximum absolute atomic E-state index is 12.5. The van der Waals surface area contributed by atoms with E-state index in [2.05, 4.69) is 15.0 Å². The molecule has 0 spiro atoms. The zero-order valence-electron chi connectivity index (χ0n) is 14.3. The molecule has 0 N–H and O–H groups in total. The van der Waals surface area contributed by atoms with Crippen molar-refractivity contribution in [2.45, 2.75) is 6.92 Å². The van der Waals surface area contributed by atoms with Gasteiger partial charge < -0.3 is 4.90 Å². The second kappa shape index (κ2) is 6.82. The van der Waals surface area contributed by atoms with E-state index in [0.717, 1.165) is 21.3 Å². The molecule has 0 aliphatic carbocycles. The van der Waals surface area contributed by atoms with Crippen LogP contribution in [0.15, 0.2) is 41.9 Å². The standard InChI is InChI=1S/C17H19N5O2S2/c1-14-13-22-16(18-14)25-17(19-22)20-8-10-21(11-9-20)26(23,24)12-7-15-5-3-2-4-6-15/h2-7,12-13H,8-11H2,1H3/b12-7+. The van der Waals surface area contributed by atoms with Gasteiger partial charge in [0.05, 0.1) is 11.9 Å². The van der Waals surface area contributed by atoms with Crippen molar-refractivity contribution < 1.29 is 8.42 Å². The number of aryl methyl sites for hydroxylation is 1. The molecule has 4 rings (SSSR count). The Labute approximate surface area is 156 Å². The number of nitrogens with zero attached hydrogens (tertiary/aromatic N) is 5. The lowest BCUT2D eigenvalue weighted by Crippen LogP contribution is -2.48. The van der Waals surface area contributed by atoms with Crippen LogP contribution in [0.4, 0.5) is 5.13 Å². The quantitative estimate of drug-likeness (QED) is 0.684. The van der Waals surface area contributed by atoms with Crippen molar-refractivity contribution in [3.05, 3.63) is 53.2 Å². The molecular weight excluding hydrogens is 370 g/mol. The first kappa shape index (κ1) is 17.2. The Balaban J connectivity index is 1.42. The Morgan fingerprint density at radius 2 is 1.85 bits per heavy atom. The van der Waals surface area contributed by atoms with E-state index in [4.69, 9.17) is 0 Å². The molecule has 1 saturated heterocycles. The summed E-state index contributed by atoms with van der Waals surface area (Å²) in [5.74, 6) is 0. The summed E-state index contributed by atoms with van der Waals surface area (Å²) >= 11 is 1.53. The lowest BCUT2D eigenvalue weighted by atomic mass is 10.2. The third-order valence-electron chi connectivity index (χ3n) is 4.25. The van der Waals surface area contributed by atoms with Gasteiger partial charge in [0.2, 0.25) is 20.1 Å². The summed E-state index contributed by atoms with van der Waals surface area (Å²) in [6.45, 7) is 4.07. The number of imidazole rings is 1. The number of piperazine rings is 1. The minimum absolute atomic E-state index is 0.447. The monoisotopic (exact) mass is 389 g/mol. The smallest absolute Gasteiger partial charge is 0.236 e. The summed E-state index contributed by atoms with van der Waals surface area (Å²) in [5.41, 5.74) is 1.81. The first-order valence-corrected chi connectivity index (χ1v) is 10.6. The normalized spacial score (nSPS) is 16.7. The van der Waals surface area contributed by atoms with Crippen LogP contribution >= 0.6 is 11.3 Å². The maximum Gasteiger partial charge on any atom is 0.236 e. The highest BCUT2D eigenvalue weighted by Crippen LogP contribution is 2.24. The summed E-state index contributed by atoms with van der Waals surface area (Å²) in [4.78, 5) is 7.39. The van der Waals surface area contributed by atoms with E-state index in [9.17, 15) is 8.42 Å². The van der Waals surface area contributed by atoms with E-state index in [1.54, 1.807) is 10.6 Å². The number of fused-ring (bicyclic) bond motifs is 1. The van der Waals surface area contributed by atoms with Crippen LogP contribution in [-0.2, 0) is 10.0 Å². The molecule has 1 aliphatic rings. The molecule has 7 nitrogen and oxygen atoms in total. The fraction of sp³-hybridized carbons (Fsp3) is 0.294. The lowest BCUT2D eigenvalue weighted by Gasteiger charge is -2.32. The third-order valence-corrected chi connectivity index (χ3v) is 6.80. The summed E-state index contributed by atoms with van der Waals surface area (Å²) < 4.78 is 28.4. The van der Waals surface area contributed by atoms with Gasteiger partial charge in [-0.25, -0.2) is 17.9 Å². The van der Waals surface area contributed by atoms with Crippen molar-refractivity contribution in [3.8, 4) is 0 Å². The topological polar surface area (TPSA) is 70.8 Å². The summed E-state index contributed by atoms with van der Waals surface area (Å²) in [7, 11) is -3.42. The first-order chi connectivity index (χ1) is 12.5. The number of anilines is 1. The molecule has 0 saturated carbocycles. The van der Waals surface area contributed by atoms with Crippen LogP contribution in [-0.4, -0.2) is 53.5 Å². The average Bonchev–Trinajstić information content (AvgIpc) is 3.18. The highest BCUT2D eigenvalue weighted by Gasteiger charge is 2.26. The number of hydrogen-bond acceptors (Lipinski definition) is 6. The molecule has 26 heavy (non-hydrogen) atoms. The molecule has 1 fully saturated rings. The Morgan fingerprint density at radius 1 is 1.12 bits per heavy atom. The van der Waals surface area contributed by atoms with Crippen LogP contribution in [0.2, 0.25) is 0 Å². The minimum Gasteiger partial charge on any atom is -0.344 e. The van der Waals surface area contributed by atoms with Crippen LogP contribution in [0.3, 0.4) is 0 Å². The van der Waals surface area contributed by atoms with E-state index in [1.165, 1.54) is 21.1 Å². The van der Waals surface area contributed by atoms with Gasteiger partial charge in [0.25, 0.3) is 0 Å². The second-order valence-corrected chi connectivity index (χ2v) is 8.89. The molecule has 3 aromatic rings. The highest BCUT2D eigenvalue weighted by atomic mass is 32.2. The molecule has 136 valence electrons. The SMILES string of the molecule is Cc1cn2nc(N3CCN(S(=O)(=O)/C=C/c4ccccc4)CC3)sc2n1. The molecule has 1 aliphatic heterocycles. The summed E-state index contributed by atoms with van der Waals surface area (Å²) in [5, 5.41) is 6.71. The lowest BCUT2D eigenvalue weighted by molar-refractivity contribution is 0.389. The van der Waals surface area contributed by atoms with Crippen molar-refractivity contribution in [3.63, 3.8) is 0 Å². The van der Waals surface area contributed by atoms with Crippen molar-refractivity contribution in [1.29, 1.82) is 0 Å². The van der Waals surface area contributed by atoms with Gasteiger partial charge in [-0.3, -0.25) is 0 Å². The number of rotatable bonds is 4. The largest absolute Gasteiger partial charge is 0.344 e. The zero-order chi connectivity index (χ0) is 18.1. The summed E-state index contributed by atoms with van der Waals surface area (Å²) in [6, 6.07) is 9.44. The molecule has 0 radical (unpaired) electrons. The van der Waals surface area contributed by atoms with E-state index < -0.39 is 10.0 Å². The van der Waals surface area contributed by atoms with Gasteiger partial charge in [0.1, 0.15) is 0 Å². The van der Waals surface area contributed by atoms with Gasteiger partial charge in [-0.2, -0.15) is 4.31 Å². The molecule has 0 bridgehead atoms. The van der Waals surface area contributed by atoms with Gasteiger partial charge in [-0.1, -0.05) is 41.7 Å². The van der Waals surface area contributed by atoms with Crippen LogP contribution in [0.25, 0.3) is 11.0 Å². The molecular formula is C17H19N5O2S2. The Bertz CT molecular complexity index is 1000. The first-order valence-electron chi connectivity index (χ1n) is 8.32. The van der Waals surface area contributed by atoms with Gasteiger partial charge in [-0.15, -0.1) is 5.10 Å². The molecule has 0 unspecified atom stereocenters. The average molecular weight is 390 g/mol. The van der Waals surface area contributed by atoms with Gasteiger partial charge in [0.15, 0.2) is 0 Å².